The molecule has 19 heavy (non-hydrogen) atoms. The van der Waals surface area contributed by atoms with Gasteiger partial charge in [-0.25, -0.2) is 0 Å². The standard InChI is InChI=1S/C16H30N2O/c1-13(2)9-15-10-17-16(6-3-4-7-16)12-18(15)14-5-8-19-11-14/h13-15,17H,3-12H2,1-2H3. The number of piperazine rings is 1. The van der Waals surface area contributed by atoms with Gasteiger partial charge in [-0.3, -0.25) is 4.90 Å². The summed E-state index contributed by atoms with van der Waals surface area (Å²) in [5, 5.41) is 3.92. The minimum Gasteiger partial charge on any atom is -0.380 e. The molecule has 2 unspecified atom stereocenters. The highest BCUT2D eigenvalue weighted by molar-refractivity contribution is 5.02. The summed E-state index contributed by atoms with van der Waals surface area (Å²) in [6.07, 6.45) is 8.15. The molecule has 2 aliphatic heterocycles. The van der Waals surface area contributed by atoms with Crippen LogP contribution in [0.5, 0.6) is 0 Å². The number of ether oxygens (including phenoxy) is 1. The van der Waals surface area contributed by atoms with Crippen LogP contribution >= 0.6 is 0 Å². The van der Waals surface area contributed by atoms with Gasteiger partial charge in [-0.1, -0.05) is 26.7 Å². The van der Waals surface area contributed by atoms with E-state index < -0.39 is 0 Å². The maximum atomic E-state index is 5.65. The van der Waals surface area contributed by atoms with E-state index in [9.17, 15) is 0 Å². The van der Waals surface area contributed by atoms with Crippen molar-refractivity contribution in [3.8, 4) is 0 Å². The smallest absolute Gasteiger partial charge is 0.0622 e. The molecule has 110 valence electrons. The molecule has 0 bridgehead atoms. The Balaban J connectivity index is 1.71. The number of hydrogen-bond acceptors (Lipinski definition) is 3. The van der Waals surface area contributed by atoms with Crippen LogP contribution in [0, 0.1) is 5.92 Å². The molecule has 3 fully saturated rings. The molecule has 2 heterocycles. The molecule has 3 aliphatic rings. The molecule has 2 atom stereocenters. The molecule has 1 spiro atoms. The summed E-state index contributed by atoms with van der Waals surface area (Å²) in [6, 6.07) is 1.40. The van der Waals surface area contributed by atoms with E-state index in [-0.39, 0.29) is 0 Å². The lowest BCUT2D eigenvalue weighted by Gasteiger charge is -2.49. The minimum absolute atomic E-state index is 0.441. The Labute approximate surface area is 118 Å². The van der Waals surface area contributed by atoms with Crippen molar-refractivity contribution in [2.24, 2.45) is 5.92 Å². The Hall–Kier alpha value is -0.120. The predicted octanol–water partition coefficient (Wildman–Crippen LogP) is 2.41. The highest BCUT2D eigenvalue weighted by Crippen LogP contribution is 2.35. The Kier molecular flexibility index (Phi) is 4.16. The average Bonchev–Trinajstić information content (AvgIpc) is 3.03. The van der Waals surface area contributed by atoms with E-state index in [4.69, 9.17) is 4.74 Å². The van der Waals surface area contributed by atoms with Crippen molar-refractivity contribution in [1.82, 2.24) is 10.2 Å². The number of nitrogens with zero attached hydrogens (tertiary/aromatic N) is 1. The monoisotopic (exact) mass is 266 g/mol. The van der Waals surface area contributed by atoms with Crippen molar-refractivity contribution in [3.63, 3.8) is 0 Å². The SMILES string of the molecule is CC(C)CC1CNC2(CCCC2)CN1C1CCOC1. The Bertz CT molecular complexity index is 293. The van der Waals surface area contributed by atoms with Gasteiger partial charge in [-0.05, 0) is 31.6 Å². The fourth-order valence-corrected chi connectivity index (χ4v) is 4.35. The molecule has 1 aliphatic carbocycles. The summed E-state index contributed by atoms with van der Waals surface area (Å²) in [7, 11) is 0. The van der Waals surface area contributed by atoms with E-state index in [1.54, 1.807) is 0 Å². The zero-order valence-electron chi connectivity index (χ0n) is 12.7. The van der Waals surface area contributed by atoms with Crippen LogP contribution in [0.3, 0.4) is 0 Å². The maximum Gasteiger partial charge on any atom is 0.0622 e. The van der Waals surface area contributed by atoms with E-state index in [0.717, 1.165) is 25.2 Å². The molecule has 0 aromatic heterocycles. The largest absolute Gasteiger partial charge is 0.380 e. The normalized spacial score (nSPS) is 35.5. The van der Waals surface area contributed by atoms with Crippen LogP contribution in [-0.2, 0) is 4.74 Å². The second-order valence-corrected chi connectivity index (χ2v) is 7.34. The molecule has 3 nitrogen and oxygen atoms in total. The summed E-state index contributed by atoms with van der Waals surface area (Å²) in [5.41, 5.74) is 0.441. The van der Waals surface area contributed by atoms with Crippen molar-refractivity contribution < 1.29 is 4.74 Å². The first kappa shape index (κ1) is 13.8. The Morgan fingerprint density at radius 3 is 2.74 bits per heavy atom. The first-order chi connectivity index (χ1) is 9.19. The van der Waals surface area contributed by atoms with Crippen LogP contribution < -0.4 is 5.32 Å². The number of rotatable bonds is 3. The van der Waals surface area contributed by atoms with Gasteiger partial charge in [0, 0.05) is 37.3 Å². The number of hydrogen-bond donors (Lipinski definition) is 1. The second-order valence-electron chi connectivity index (χ2n) is 7.34. The first-order valence-corrected chi connectivity index (χ1v) is 8.27. The van der Waals surface area contributed by atoms with E-state index in [1.165, 1.54) is 51.6 Å². The lowest BCUT2D eigenvalue weighted by Crippen LogP contribution is -2.65. The van der Waals surface area contributed by atoms with Gasteiger partial charge < -0.3 is 10.1 Å². The van der Waals surface area contributed by atoms with Crippen LogP contribution in [0.2, 0.25) is 0 Å². The fourth-order valence-electron chi connectivity index (χ4n) is 4.35. The maximum absolute atomic E-state index is 5.65. The van der Waals surface area contributed by atoms with Gasteiger partial charge in [0.15, 0.2) is 0 Å². The lowest BCUT2D eigenvalue weighted by molar-refractivity contribution is 0.0282. The molecule has 1 saturated carbocycles. The third kappa shape index (κ3) is 2.98. The van der Waals surface area contributed by atoms with Crippen LogP contribution in [0.4, 0.5) is 0 Å². The summed E-state index contributed by atoms with van der Waals surface area (Å²) >= 11 is 0. The van der Waals surface area contributed by atoms with E-state index in [1.807, 2.05) is 0 Å². The van der Waals surface area contributed by atoms with Crippen molar-refractivity contribution >= 4 is 0 Å². The highest BCUT2D eigenvalue weighted by atomic mass is 16.5. The van der Waals surface area contributed by atoms with Crippen molar-refractivity contribution in [1.29, 1.82) is 0 Å². The lowest BCUT2D eigenvalue weighted by atomic mass is 9.88. The Morgan fingerprint density at radius 2 is 2.11 bits per heavy atom. The van der Waals surface area contributed by atoms with Gasteiger partial charge in [-0.15, -0.1) is 0 Å². The fraction of sp³-hybridized carbons (Fsp3) is 1.00. The molecular formula is C16H30N2O. The van der Waals surface area contributed by atoms with Gasteiger partial charge in [0.1, 0.15) is 0 Å². The van der Waals surface area contributed by atoms with E-state index in [0.29, 0.717) is 11.6 Å². The van der Waals surface area contributed by atoms with E-state index >= 15 is 0 Å². The van der Waals surface area contributed by atoms with Gasteiger partial charge in [-0.2, -0.15) is 0 Å². The van der Waals surface area contributed by atoms with Crippen LogP contribution in [0.15, 0.2) is 0 Å². The van der Waals surface area contributed by atoms with Gasteiger partial charge in [0.2, 0.25) is 0 Å². The Morgan fingerprint density at radius 1 is 1.32 bits per heavy atom. The summed E-state index contributed by atoms with van der Waals surface area (Å²) in [4.78, 5) is 2.81. The van der Waals surface area contributed by atoms with Crippen molar-refractivity contribution in [2.75, 3.05) is 26.3 Å². The van der Waals surface area contributed by atoms with Crippen LogP contribution in [-0.4, -0.2) is 48.8 Å². The van der Waals surface area contributed by atoms with Crippen LogP contribution in [0.25, 0.3) is 0 Å². The molecule has 2 saturated heterocycles. The second kappa shape index (κ2) is 5.71. The molecule has 0 amide bonds. The van der Waals surface area contributed by atoms with Gasteiger partial charge >= 0.3 is 0 Å². The zero-order valence-corrected chi connectivity index (χ0v) is 12.7. The zero-order chi connectivity index (χ0) is 13.3. The summed E-state index contributed by atoms with van der Waals surface area (Å²) in [6.45, 7) is 9.08. The third-order valence-corrected chi connectivity index (χ3v) is 5.35. The molecular weight excluding hydrogens is 236 g/mol. The highest BCUT2D eigenvalue weighted by Gasteiger charge is 2.43. The quantitative estimate of drug-likeness (QED) is 0.849. The molecule has 1 N–H and O–H groups in total. The van der Waals surface area contributed by atoms with Gasteiger partial charge in [0.25, 0.3) is 0 Å². The minimum atomic E-state index is 0.441. The van der Waals surface area contributed by atoms with Crippen LogP contribution in [0.1, 0.15) is 52.4 Å². The third-order valence-electron chi connectivity index (χ3n) is 5.35. The molecule has 0 aromatic carbocycles. The van der Waals surface area contributed by atoms with Crippen molar-refractivity contribution in [3.05, 3.63) is 0 Å². The first-order valence-electron chi connectivity index (χ1n) is 8.27. The molecule has 0 aromatic rings. The average molecular weight is 266 g/mol. The van der Waals surface area contributed by atoms with E-state index in [2.05, 4.69) is 24.1 Å². The van der Waals surface area contributed by atoms with Crippen molar-refractivity contribution in [2.45, 2.75) is 70.0 Å². The topological polar surface area (TPSA) is 24.5 Å². The molecule has 3 heteroatoms. The summed E-state index contributed by atoms with van der Waals surface area (Å²) in [5.74, 6) is 0.786. The van der Waals surface area contributed by atoms with Gasteiger partial charge in [0.05, 0.1) is 6.61 Å². The number of nitrogens with one attached hydrogen (secondary N) is 1. The summed E-state index contributed by atoms with van der Waals surface area (Å²) < 4.78 is 5.65. The molecule has 3 rings (SSSR count). The predicted molar refractivity (Wildman–Crippen MR) is 78.4 cm³/mol. The molecule has 0 radical (unpaired) electrons.